The summed E-state index contributed by atoms with van der Waals surface area (Å²) in [6.07, 6.45) is 1.47. The minimum Gasteiger partial charge on any atom is -0.484 e. The number of fused-ring (bicyclic) bond motifs is 1. The third-order valence-electron chi connectivity index (χ3n) is 6.75. The van der Waals surface area contributed by atoms with Crippen LogP contribution in [0.25, 0.3) is 0 Å². The van der Waals surface area contributed by atoms with Crippen molar-refractivity contribution in [1.82, 2.24) is 15.5 Å². The van der Waals surface area contributed by atoms with Crippen molar-refractivity contribution in [3.05, 3.63) is 65.0 Å². The van der Waals surface area contributed by atoms with Gasteiger partial charge in [0, 0.05) is 23.6 Å². The molecule has 32 heavy (non-hydrogen) atoms. The van der Waals surface area contributed by atoms with Crippen molar-refractivity contribution in [3.63, 3.8) is 0 Å². The Labute approximate surface area is 185 Å². The van der Waals surface area contributed by atoms with Gasteiger partial charge in [-0.05, 0) is 43.0 Å². The topological polar surface area (TPSA) is 86.5 Å². The standard InChI is InChI=1S/C22H16ClF2N3O4/c23-15-5-4-12(7-16(15)25)30-9-17(29)26-21-8-14-18(21)22(14,10-21)19-27-28-20(32-19)31-13-3-1-2-11(24)6-13/h1-7,14,18H,8-10H2,(H,26,29). The zero-order valence-corrected chi connectivity index (χ0v) is 17.2. The molecule has 0 aliphatic heterocycles. The van der Waals surface area contributed by atoms with Gasteiger partial charge in [-0.15, -0.1) is 5.10 Å². The van der Waals surface area contributed by atoms with E-state index in [1.165, 1.54) is 30.3 Å². The number of carbonyl (C=O) groups excluding carboxylic acids is 1. The molecule has 3 aliphatic carbocycles. The maximum absolute atomic E-state index is 13.5. The van der Waals surface area contributed by atoms with Crippen LogP contribution >= 0.6 is 11.6 Å². The third-order valence-corrected chi connectivity index (χ3v) is 7.06. The van der Waals surface area contributed by atoms with E-state index < -0.39 is 11.6 Å². The number of rotatable bonds is 7. The Hall–Kier alpha value is -3.20. The Kier molecular flexibility index (Phi) is 4.05. The molecule has 164 valence electrons. The minimum absolute atomic E-state index is 0.00810. The zero-order chi connectivity index (χ0) is 22.1. The van der Waals surface area contributed by atoms with Gasteiger partial charge in [-0.25, -0.2) is 8.78 Å². The Balaban J connectivity index is 1.06. The molecule has 3 fully saturated rings. The number of nitrogens with zero attached hydrogens (tertiary/aromatic N) is 2. The van der Waals surface area contributed by atoms with E-state index in [1.54, 1.807) is 6.07 Å². The highest BCUT2D eigenvalue weighted by molar-refractivity contribution is 6.30. The van der Waals surface area contributed by atoms with Crippen LogP contribution in [0.2, 0.25) is 5.02 Å². The van der Waals surface area contributed by atoms with Crippen LogP contribution in [-0.4, -0.2) is 28.3 Å². The predicted molar refractivity (Wildman–Crippen MR) is 106 cm³/mol. The largest absolute Gasteiger partial charge is 0.484 e. The van der Waals surface area contributed by atoms with E-state index in [2.05, 4.69) is 15.5 Å². The molecular weight excluding hydrogens is 444 g/mol. The van der Waals surface area contributed by atoms with Crippen LogP contribution in [-0.2, 0) is 10.2 Å². The second-order valence-electron chi connectivity index (χ2n) is 8.51. The Morgan fingerprint density at radius 2 is 2.09 bits per heavy atom. The smallest absolute Gasteiger partial charge is 0.420 e. The minimum atomic E-state index is -0.605. The van der Waals surface area contributed by atoms with Crippen molar-refractivity contribution in [3.8, 4) is 17.6 Å². The highest BCUT2D eigenvalue weighted by Gasteiger charge is 2.92. The molecule has 1 N–H and O–H groups in total. The van der Waals surface area contributed by atoms with Crippen molar-refractivity contribution < 1.29 is 27.5 Å². The molecule has 0 radical (unpaired) electrons. The van der Waals surface area contributed by atoms with Crippen LogP contribution in [0.1, 0.15) is 18.7 Å². The summed E-state index contributed by atoms with van der Waals surface area (Å²) >= 11 is 5.64. The third kappa shape index (κ3) is 2.80. The van der Waals surface area contributed by atoms with E-state index in [-0.39, 0.29) is 52.0 Å². The van der Waals surface area contributed by atoms with E-state index in [4.69, 9.17) is 25.5 Å². The molecule has 7 nitrogen and oxygen atoms in total. The summed E-state index contributed by atoms with van der Waals surface area (Å²) in [6.45, 7) is -0.223. The molecule has 1 amide bonds. The average molecular weight is 460 g/mol. The number of halogens is 3. The number of ether oxygens (including phenoxy) is 2. The quantitative estimate of drug-likeness (QED) is 0.574. The highest BCUT2D eigenvalue weighted by atomic mass is 35.5. The fourth-order valence-electron chi connectivity index (χ4n) is 5.51. The molecule has 3 saturated carbocycles. The molecule has 2 aromatic carbocycles. The van der Waals surface area contributed by atoms with Gasteiger partial charge in [0.1, 0.15) is 23.1 Å². The second kappa shape index (κ2) is 6.65. The Morgan fingerprint density at radius 3 is 2.88 bits per heavy atom. The number of amides is 1. The highest BCUT2D eigenvalue weighted by Crippen LogP contribution is 2.87. The summed E-state index contributed by atoms with van der Waals surface area (Å²) < 4.78 is 43.3. The molecule has 1 heterocycles. The fourth-order valence-corrected chi connectivity index (χ4v) is 5.63. The number of benzene rings is 2. The van der Waals surface area contributed by atoms with E-state index >= 15 is 0 Å². The molecule has 0 bridgehead atoms. The van der Waals surface area contributed by atoms with E-state index in [1.807, 2.05) is 0 Å². The molecule has 3 aromatic rings. The molecule has 0 saturated heterocycles. The van der Waals surface area contributed by atoms with Gasteiger partial charge in [-0.3, -0.25) is 4.79 Å². The normalized spacial score (nSPS) is 28.7. The summed E-state index contributed by atoms with van der Waals surface area (Å²) in [7, 11) is 0. The number of carbonyl (C=O) groups is 1. The molecular formula is C22H16ClF2N3O4. The maximum Gasteiger partial charge on any atom is 0.420 e. The molecule has 4 atom stereocenters. The lowest BCUT2D eigenvalue weighted by molar-refractivity contribution is -0.127. The number of aromatic nitrogens is 2. The Morgan fingerprint density at radius 1 is 1.22 bits per heavy atom. The number of hydrogen-bond acceptors (Lipinski definition) is 6. The van der Waals surface area contributed by atoms with Gasteiger partial charge in [-0.2, -0.15) is 0 Å². The number of nitrogens with one attached hydrogen (secondary N) is 1. The maximum atomic E-state index is 13.5. The van der Waals surface area contributed by atoms with Crippen molar-refractivity contribution in [2.45, 2.75) is 23.8 Å². The summed E-state index contributed by atoms with van der Waals surface area (Å²) in [5, 5.41) is 11.1. The summed E-state index contributed by atoms with van der Waals surface area (Å²) in [4.78, 5) is 12.4. The second-order valence-corrected chi connectivity index (χ2v) is 8.91. The van der Waals surface area contributed by atoms with Gasteiger partial charge in [0.05, 0.1) is 10.4 Å². The molecule has 10 heteroatoms. The SMILES string of the molecule is O=C(COc1ccc(Cl)c(F)c1)NC12CC3C1C3(c1nnc(Oc3cccc(F)c3)o1)C2. The molecule has 1 aromatic heterocycles. The van der Waals surface area contributed by atoms with Gasteiger partial charge in [0.2, 0.25) is 5.89 Å². The lowest BCUT2D eigenvalue weighted by atomic mass is 9.66. The van der Waals surface area contributed by atoms with Gasteiger partial charge < -0.3 is 19.2 Å². The first-order chi connectivity index (χ1) is 15.4. The summed E-state index contributed by atoms with van der Waals surface area (Å²) in [6, 6.07) is 9.68. The molecule has 3 aliphatic rings. The first-order valence-corrected chi connectivity index (χ1v) is 10.4. The van der Waals surface area contributed by atoms with Gasteiger partial charge in [0.25, 0.3) is 5.91 Å². The van der Waals surface area contributed by atoms with Gasteiger partial charge >= 0.3 is 6.08 Å². The average Bonchev–Trinajstić information content (AvgIpc) is 3.10. The van der Waals surface area contributed by atoms with Crippen LogP contribution in [0.15, 0.2) is 46.9 Å². The summed E-state index contributed by atoms with van der Waals surface area (Å²) in [5.74, 6) is 0.280. The fraction of sp³-hybridized carbons (Fsp3) is 0.318. The zero-order valence-electron chi connectivity index (χ0n) is 16.5. The first kappa shape index (κ1) is 19.5. The van der Waals surface area contributed by atoms with E-state index in [0.29, 0.717) is 18.2 Å². The van der Waals surface area contributed by atoms with Crippen LogP contribution in [0, 0.1) is 23.5 Å². The lowest BCUT2D eigenvalue weighted by Gasteiger charge is -2.47. The molecule has 6 rings (SSSR count). The van der Waals surface area contributed by atoms with Crippen LogP contribution in [0.5, 0.6) is 17.6 Å². The van der Waals surface area contributed by atoms with Gasteiger partial charge in [-0.1, -0.05) is 22.8 Å². The lowest BCUT2D eigenvalue weighted by Crippen LogP contribution is -2.61. The van der Waals surface area contributed by atoms with Crippen molar-refractivity contribution >= 4 is 17.5 Å². The number of hydrogen-bond donors (Lipinski definition) is 1. The van der Waals surface area contributed by atoms with Crippen molar-refractivity contribution in [2.24, 2.45) is 11.8 Å². The predicted octanol–water partition coefficient (Wildman–Crippen LogP) is 4.02. The summed E-state index contributed by atoms with van der Waals surface area (Å²) in [5.41, 5.74) is -0.529. The van der Waals surface area contributed by atoms with Crippen molar-refractivity contribution in [1.29, 1.82) is 0 Å². The molecule has 0 spiro atoms. The van der Waals surface area contributed by atoms with E-state index in [9.17, 15) is 13.6 Å². The van der Waals surface area contributed by atoms with Gasteiger partial charge in [0.15, 0.2) is 6.61 Å². The monoisotopic (exact) mass is 459 g/mol. The van der Waals surface area contributed by atoms with Crippen molar-refractivity contribution in [2.75, 3.05) is 6.61 Å². The van der Waals surface area contributed by atoms with Crippen LogP contribution < -0.4 is 14.8 Å². The molecule has 4 unspecified atom stereocenters. The Bertz CT molecular complexity index is 1250. The first-order valence-electron chi connectivity index (χ1n) is 10.1. The van der Waals surface area contributed by atoms with Crippen LogP contribution in [0.4, 0.5) is 8.78 Å². The van der Waals surface area contributed by atoms with E-state index in [0.717, 1.165) is 12.5 Å². The van der Waals surface area contributed by atoms with Crippen LogP contribution in [0.3, 0.4) is 0 Å².